The average Bonchev–Trinajstić information content (AvgIpc) is 2.87. The predicted molar refractivity (Wildman–Crippen MR) is 74.5 cm³/mol. The number of rotatable bonds is 5. The number of carbonyl (C=O) groups excluding carboxylic acids is 3. The molecular formula is C15H18N2O3. The van der Waals surface area contributed by atoms with Crippen molar-refractivity contribution in [3.8, 4) is 0 Å². The summed E-state index contributed by atoms with van der Waals surface area (Å²) in [5, 5.41) is 0. The monoisotopic (exact) mass is 274 g/mol. The maximum Gasteiger partial charge on any atom is 0.261 e. The lowest BCUT2D eigenvalue weighted by molar-refractivity contribution is -0.139. The van der Waals surface area contributed by atoms with Crippen LogP contribution in [0.3, 0.4) is 0 Å². The Bertz CT molecular complexity index is 503. The van der Waals surface area contributed by atoms with E-state index >= 15 is 0 Å². The Kier molecular flexibility index (Phi) is 3.88. The van der Waals surface area contributed by atoms with E-state index in [2.05, 4.69) is 13.2 Å². The van der Waals surface area contributed by atoms with Gasteiger partial charge in [-0.2, -0.15) is 0 Å². The number of imide groups is 1. The fourth-order valence-electron chi connectivity index (χ4n) is 2.55. The Balaban J connectivity index is 2.04. The summed E-state index contributed by atoms with van der Waals surface area (Å²) >= 11 is 0. The molecule has 2 heterocycles. The van der Waals surface area contributed by atoms with Crippen LogP contribution in [0, 0.1) is 5.92 Å². The fourth-order valence-corrected chi connectivity index (χ4v) is 2.55. The van der Waals surface area contributed by atoms with Crippen molar-refractivity contribution in [1.82, 2.24) is 9.80 Å². The Labute approximate surface area is 118 Å². The van der Waals surface area contributed by atoms with Gasteiger partial charge in [0.15, 0.2) is 0 Å². The number of hydrogen-bond donors (Lipinski definition) is 0. The number of likely N-dealkylation sites (tertiary alicyclic amines) is 1. The SMILES string of the molecule is C=CC1=C(C=C)C(=O)N(CCN2CCC(C)C2=O)C1=O. The molecule has 2 rings (SSSR count). The van der Waals surface area contributed by atoms with Crippen LogP contribution in [0.5, 0.6) is 0 Å². The molecule has 106 valence electrons. The third-order valence-electron chi connectivity index (χ3n) is 3.81. The van der Waals surface area contributed by atoms with Gasteiger partial charge < -0.3 is 4.90 Å². The van der Waals surface area contributed by atoms with Crippen molar-refractivity contribution in [2.75, 3.05) is 19.6 Å². The van der Waals surface area contributed by atoms with E-state index in [1.165, 1.54) is 12.2 Å². The minimum Gasteiger partial charge on any atom is -0.341 e. The molecule has 20 heavy (non-hydrogen) atoms. The topological polar surface area (TPSA) is 57.7 Å². The molecular weight excluding hydrogens is 256 g/mol. The lowest BCUT2D eigenvalue weighted by Gasteiger charge is -2.20. The predicted octanol–water partition coefficient (Wildman–Crippen LogP) is 0.892. The molecule has 1 saturated heterocycles. The molecule has 2 aliphatic rings. The first-order chi connectivity index (χ1) is 9.51. The molecule has 1 unspecified atom stereocenters. The Morgan fingerprint density at radius 3 is 2.05 bits per heavy atom. The van der Waals surface area contributed by atoms with Gasteiger partial charge in [-0.1, -0.05) is 32.2 Å². The van der Waals surface area contributed by atoms with Crippen molar-refractivity contribution >= 4 is 17.7 Å². The van der Waals surface area contributed by atoms with Gasteiger partial charge in [-0.05, 0) is 6.42 Å². The van der Waals surface area contributed by atoms with Crippen LogP contribution >= 0.6 is 0 Å². The van der Waals surface area contributed by atoms with Crippen LogP contribution in [0.15, 0.2) is 36.5 Å². The molecule has 2 aliphatic heterocycles. The van der Waals surface area contributed by atoms with E-state index in [-0.39, 0.29) is 41.3 Å². The molecule has 5 heteroatoms. The smallest absolute Gasteiger partial charge is 0.261 e. The van der Waals surface area contributed by atoms with Gasteiger partial charge in [0.1, 0.15) is 0 Å². The minimum atomic E-state index is -0.361. The van der Waals surface area contributed by atoms with Crippen LogP contribution in [-0.4, -0.2) is 47.2 Å². The summed E-state index contributed by atoms with van der Waals surface area (Å²) in [6, 6.07) is 0. The van der Waals surface area contributed by atoms with E-state index in [0.717, 1.165) is 11.3 Å². The van der Waals surface area contributed by atoms with Crippen LogP contribution < -0.4 is 0 Å². The van der Waals surface area contributed by atoms with Crippen molar-refractivity contribution < 1.29 is 14.4 Å². The summed E-state index contributed by atoms with van der Waals surface area (Å²) < 4.78 is 0. The number of nitrogens with zero attached hydrogens (tertiary/aromatic N) is 2. The molecule has 0 radical (unpaired) electrons. The maximum absolute atomic E-state index is 12.1. The molecule has 0 bridgehead atoms. The van der Waals surface area contributed by atoms with Gasteiger partial charge in [0.2, 0.25) is 5.91 Å². The van der Waals surface area contributed by atoms with Crippen molar-refractivity contribution in [3.05, 3.63) is 36.5 Å². The van der Waals surface area contributed by atoms with E-state index in [0.29, 0.717) is 13.1 Å². The van der Waals surface area contributed by atoms with Crippen molar-refractivity contribution in [1.29, 1.82) is 0 Å². The average molecular weight is 274 g/mol. The molecule has 0 saturated carbocycles. The van der Waals surface area contributed by atoms with E-state index in [1.54, 1.807) is 4.90 Å². The molecule has 1 fully saturated rings. The number of hydrogen-bond acceptors (Lipinski definition) is 3. The molecule has 0 aromatic carbocycles. The van der Waals surface area contributed by atoms with Crippen molar-refractivity contribution in [2.45, 2.75) is 13.3 Å². The Morgan fingerprint density at radius 2 is 1.65 bits per heavy atom. The lowest BCUT2D eigenvalue weighted by atomic mass is 10.1. The number of amides is 3. The van der Waals surface area contributed by atoms with Crippen LogP contribution in [-0.2, 0) is 14.4 Å². The van der Waals surface area contributed by atoms with Crippen LogP contribution in [0.4, 0.5) is 0 Å². The third kappa shape index (κ3) is 2.19. The van der Waals surface area contributed by atoms with Gasteiger partial charge in [0.25, 0.3) is 11.8 Å². The summed E-state index contributed by atoms with van der Waals surface area (Å²) in [5.74, 6) is -0.602. The normalized spacial score (nSPS) is 23.1. The summed E-state index contributed by atoms with van der Waals surface area (Å²) in [5.41, 5.74) is 0.567. The molecule has 0 aromatic heterocycles. The first-order valence-electron chi connectivity index (χ1n) is 6.65. The Morgan fingerprint density at radius 1 is 1.10 bits per heavy atom. The zero-order valence-corrected chi connectivity index (χ0v) is 11.6. The largest absolute Gasteiger partial charge is 0.341 e. The second-order valence-electron chi connectivity index (χ2n) is 5.01. The highest BCUT2D eigenvalue weighted by Crippen LogP contribution is 2.23. The van der Waals surface area contributed by atoms with Crippen LogP contribution in [0.1, 0.15) is 13.3 Å². The zero-order valence-electron chi connectivity index (χ0n) is 11.6. The van der Waals surface area contributed by atoms with Crippen LogP contribution in [0.2, 0.25) is 0 Å². The van der Waals surface area contributed by atoms with Crippen LogP contribution in [0.25, 0.3) is 0 Å². The van der Waals surface area contributed by atoms with Crippen molar-refractivity contribution in [3.63, 3.8) is 0 Å². The highest BCUT2D eigenvalue weighted by atomic mass is 16.2. The third-order valence-corrected chi connectivity index (χ3v) is 3.81. The minimum absolute atomic E-state index is 0.0329. The first-order valence-corrected chi connectivity index (χ1v) is 6.65. The summed E-state index contributed by atoms with van der Waals surface area (Å²) in [6.07, 6.45) is 3.58. The fraction of sp³-hybridized carbons (Fsp3) is 0.400. The quantitative estimate of drug-likeness (QED) is 0.700. The Hall–Kier alpha value is -2.17. The van der Waals surface area contributed by atoms with E-state index < -0.39 is 0 Å². The van der Waals surface area contributed by atoms with E-state index in [4.69, 9.17) is 0 Å². The second-order valence-corrected chi connectivity index (χ2v) is 5.01. The molecule has 0 spiro atoms. The lowest BCUT2D eigenvalue weighted by Crippen LogP contribution is -2.40. The molecule has 0 N–H and O–H groups in total. The van der Waals surface area contributed by atoms with Gasteiger partial charge in [-0.25, -0.2) is 0 Å². The summed E-state index contributed by atoms with van der Waals surface area (Å²) in [4.78, 5) is 38.8. The molecule has 3 amide bonds. The zero-order chi connectivity index (χ0) is 14.9. The molecule has 0 aromatic rings. The van der Waals surface area contributed by atoms with E-state index in [9.17, 15) is 14.4 Å². The van der Waals surface area contributed by atoms with E-state index in [1.807, 2.05) is 6.92 Å². The highest BCUT2D eigenvalue weighted by molar-refractivity contribution is 6.21. The number of carbonyl (C=O) groups is 3. The first kappa shape index (κ1) is 14.2. The van der Waals surface area contributed by atoms with Gasteiger partial charge in [-0.3, -0.25) is 19.3 Å². The van der Waals surface area contributed by atoms with Crippen molar-refractivity contribution in [2.24, 2.45) is 5.92 Å². The molecule has 1 atom stereocenters. The molecule has 0 aliphatic carbocycles. The standard InChI is InChI=1S/C15H18N2O3/c1-4-11-12(5-2)15(20)17(14(11)19)9-8-16-7-6-10(3)13(16)18/h4-5,10H,1-2,6-9H2,3H3. The maximum atomic E-state index is 12.1. The highest BCUT2D eigenvalue weighted by Gasteiger charge is 2.36. The van der Waals surface area contributed by atoms with Gasteiger partial charge in [0.05, 0.1) is 11.1 Å². The summed E-state index contributed by atoms with van der Waals surface area (Å²) in [7, 11) is 0. The van der Waals surface area contributed by atoms with Gasteiger partial charge in [0, 0.05) is 25.6 Å². The van der Waals surface area contributed by atoms with Gasteiger partial charge in [-0.15, -0.1) is 0 Å². The molecule has 5 nitrogen and oxygen atoms in total. The summed E-state index contributed by atoms with van der Waals surface area (Å²) in [6.45, 7) is 10.3. The van der Waals surface area contributed by atoms with Gasteiger partial charge >= 0.3 is 0 Å². The second kappa shape index (κ2) is 5.45.